The minimum atomic E-state index is 0.111. The van der Waals surface area contributed by atoms with Crippen molar-refractivity contribution in [3.63, 3.8) is 0 Å². The Hall–Kier alpha value is -3.91. The molecule has 0 saturated carbocycles. The van der Waals surface area contributed by atoms with E-state index in [-0.39, 0.29) is 11.8 Å². The third-order valence-corrected chi connectivity index (χ3v) is 7.43. The first-order chi connectivity index (χ1) is 17.8. The summed E-state index contributed by atoms with van der Waals surface area (Å²) in [6.07, 6.45) is 1.70. The van der Waals surface area contributed by atoms with E-state index in [1.54, 1.807) is 0 Å². The zero-order chi connectivity index (χ0) is 24.3. The Kier molecular flexibility index (Phi) is 6.26. The first-order valence-electron chi connectivity index (χ1n) is 12.1. The van der Waals surface area contributed by atoms with E-state index in [0.717, 1.165) is 46.9 Å². The van der Waals surface area contributed by atoms with Crippen molar-refractivity contribution in [1.29, 1.82) is 0 Å². The van der Waals surface area contributed by atoms with Crippen molar-refractivity contribution in [3.05, 3.63) is 90.8 Å². The molecule has 0 unspecified atom stereocenters. The number of para-hydroxylation sites is 3. The van der Waals surface area contributed by atoms with E-state index < -0.39 is 0 Å². The largest absolute Gasteiger partial charge is 0.440 e. The van der Waals surface area contributed by atoms with Gasteiger partial charge in [0.2, 0.25) is 5.91 Å². The van der Waals surface area contributed by atoms with Crippen LogP contribution in [-0.4, -0.2) is 49.4 Å². The van der Waals surface area contributed by atoms with E-state index in [4.69, 9.17) is 4.42 Å². The molecular formula is C28H25N5O2S. The third-order valence-electron chi connectivity index (χ3n) is 6.51. The number of amides is 1. The van der Waals surface area contributed by atoms with Crippen LogP contribution >= 0.6 is 11.8 Å². The molecule has 36 heavy (non-hydrogen) atoms. The molecule has 5 aromatic rings. The second kappa shape index (κ2) is 9.99. The van der Waals surface area contributed by atoms with Crippen LogP contribution in [0.5, 0.6) is 0 Å². The van der Waals surface area contributed by atoms with Crippen LogP contribution < -0.4 is 0 Å². The van der Waals surface area contributed by atoms with Crippen molar-refractivity contribution < 1.29 is 9.21 Å². The maximum Gasteiger partial charge on any atom is 0.233 e. The number of carbonyl (C=O) groups is 1. The van der Waals surface area contributed by atoms with Gasteiger partial charge in [-0.15, -0.1) is 10.2 Å². The van der Waals surface area contributed by atoms with Gasteiger partial charge in [0.05, 0.1) is 5.75 Å². The quantitative estimate of drug-likeness (QED) is 0.287. The SMILES string of the molecule is O=C(CSc1nnc(-c2ccccc2)n1-c1ccccc1)N1CCC(c2nc3ccccc3o2)CC1. The standard InChI is InChI=1S/C28H25N5O2S/c34-25(32-17-15-21(16-18-32)27-29-23-13-7-8-14-24(23)35-27)19-36-28-31-30-26(20-9-3-1-4-10-20)33(28)22-11-5-2-6-12-22/h1-14,21H,15-19H2. The maximum atomic E-state index is 13.1. The van der Waals surface area contributed by atoms with E-state index in [1.807, 2.05) is 94.4 Å². The molecule has 3 aromatic carbocycles. The highest BCUT2D eigenvalue weighted by molar-refractivity contribution is 7.99. The number of benzene rings is 3. The minimum absolute atomic E-state index is 0.111. The number of piperidine rings is 1. The highest BCUT2D eigenvalue weighted by Crippen LogP contribution is 2.31. The number of aromatic nitrogens is 4. The van der Waals surface area contributed by atoms with Gasteiger partial charge >= 0.3 is 0 Å². The lowest BCUT2D eigenvalue weighted by molar-refractivity contribution is -0.129. The molecular weight excluding hydrogens is 470 g/mol. The number of fused-ring (bicyclic) bond motifs is 1. The maximum absolute atomic E-state index is 13.1. The molecule has 1 fully saturated rings. The Bertz CT molecular complexity index is 1440. The molecule has 1 aliphatic rings. The highest BCUT2D eigenvalue weighted by atomic mass is 32.2. The Balaban J connectivity index is 1.13. The molecule has 2 aromatic heterocycles. The van der Waals surface area contributed by atoms with Gasteiger partial charge in [-0.05, 0) is 37.1 Å². The van der Waals surface area contributed by atoms with E-state index >= 15 is 0 Å². The van der Waals surface area contributed by atoms with Crippen molar-refractivity contribution in [2.45, 2.75) is 23.9 Å². The second-order valence-electron chi connectivity index (χ2n) is 8.81. The van der Waals surface area contributed by atoms with Crippen LogP contribution in [0.15, 0.2) is 94.5 Å². The third kappa shape index (κ3) is 4.52. The Labute approximate surface area is 213 Å². The summed E-state index contributed by atoms with van der Waals surface area (Å²) >= 11 is 1.43. The molecule has 1 amide bonds. The topological polar surface area (TPSA) is 77.1 Å². The van der Waals surface area contributed by atoms with Crippen LogP contribution in [0.4, 0.5) is 0 Å². The molecule has 0 radical (unpaired) electrons. The van der Waals surface area contributed by atoms with Gasteiger partial charge in [-0.3, -0.25) is 9.36 Å². The van der Waals surface area contributed by atoms with Gasteiger partial charge in [0, 0.05) is 30.3 Å². The lowest BCUT2D eigenvalue weighted by Gasteiger charge is -2.30. The van der Waals surface area contributed by atoms with Crippen LogP contribution in [0.1, 0.15) is 24.7 Å². The summed E-state index contributed by atoms with van der Waals surface area (Å²) in [6, 6.07) is 27.8. The van der Waals surface area contributed by atoms with Crippen molar-refractivity contribution in [1.82, 2.24) is 24.6 Å². The zero-order valence-electron chi connectivity index (χ0n) is 19.7. The van der Waals surface area contributed by atoms with Crippen LogP contribution in [0.3, 0.4) is 0 Å². The molecule has 0 aliphatic carbocycles. The lowest BCUT2D eigenvalue weighted by Crippen LogP contribution is -2.39. The first kappa shape index (κ1) is 22.5. The number of thioether (sulfide) groups is 1. The summed E-state index contributed by atoms with van der Waals surface area (Å²) in [4.78, 5) is 19.7. The van der Waals surface area contributed by atoms with Crippen molar-refractivity contribution in [2.24, 2.45) is 0 Å². The van der Waals surface area contributed by atoms with Gasteiger partial charge < -0.3 is 9.32 Å². The summed E-state index contributed by atoms with van der Waals surface area (Å²) in [5, 5.41) is 9.61. The minimum Gasteiger partial charge on any atom is -0.440 e. The second-order valence-corrected chi connectivity index (χ2v) is 9.75. The summed E-state index contributed by atoms with van der Waals surface area (Å²) in [6.45, 7) is 1.40. The van der Waals surface area contributed by atoms with E-state index in [1.165, 1.54) is 11.8 Å². The Morgan fingerprint density at radius 2 is 1.58 bits per heavy atom. The zero-order valence-corrected chi connectivity index (χ0v) is 20.5. The Morgan fingerprint density at radius 3 is 2.33 bits per heavy atom. The predicted molar refractivity (Wildman–Crippen MR) is 140 cm³/mol. The lowest BCUT2D eigenvalue weighted by atomic mass is 9.97. The average molecular weight is 496 g/mol. The monoisotopic (exact) mass is 495 g/mol. The summed E-state index contributed by atoms with van der Waals surface area (Å²) in [7, 11) is 0. The molecule has 0 atom stereocenters. The normalized spacial score (nSPS) is 14.4. The number of rotatable bonds is 6. The number of oxazole rings is 1. The van der Waals surface area contributed by atoms with Gasteiger partial charge in [0.25, 0.3) is 0 Å². The number of hydrogen-bond donors (Lipinski definition) is 0. The van der Waals surface area contributed by atoms with Crippen molar-refractivity contribution >= 4 is 28.8 Å². The predicted octanol–water partition coefficient (Wildman–Crippen LogP) is 5.57. The number of likely N-dealkylation sites (tertiary alicyclic amines) is 1. The molecule has 1 saturated heterocycles. The van der Waals surface area contributed by atoms with Crippen LogP contribution in [-0.2, 0) is 4.79 Å². The molecule has 180 valence electrons. The van der Waals surface area contributed by atoms with Crippen molar-refractivity contribution in [2.75, 3.05) is 18.8 Å². The fourth-order valence-corrected chi connectivity index (χ4v) is 5.46. The van der Waals surface area contributed by atoms with Crippen LogP contribution in [0, 0.1) is 0 Å². The van der Waals surface area contributed by atoms with Gasteiger partial charge in [-0.25, -0.2) is 4.98 Å². The smallest absolute Gasteiger partial charge is 0.233 e. The van der Waals surface area contributed by atoms with E-state index in [0.29, 0.717) is 24.0 Å². The summed E-state index contributed by atoms with van der Waals surface area (Å²) in [5.41, 5.74) is 3.66. The number of hydrogen-bond acceptors (Lipinski definition) is 6. The van der Waals surface area contributed by atoms with Crippen LogP contribution in [0.2, 0.25) is 0 Å². The van der Waals surface area contributed by atoms with Gasteiger partial charge in [0.15, 0.2) is 22.5 Å². The Morgan fingerprint density at radius 1 is 0.889 bits per heavy atom. The van der Waals surface area contributed by atoms with Gasteiger partial charge in [0.1, 0.15) is 5.52 Å². The number of carbonyl (C=O) groups excluding carboxylic acids is 1. The molecule has 0 N–H and O–H groups in total. The molecule has 0 bridgehead atoms. The van der Waals surface area contributed by atoms with E-state index in [2.05, 4.69) is 15.2 Å². The highest BCUT2D eigenvalue weighted by Gasteiger charge is 2.27. The summed E-state index contributed by atoms with van der Waals surface area (Å²) < 4.78 is 7.99. The van der Waals surface area contributed by atoms with Crippen LogP contribution in [0.25, 0.3) is 28.2 Å². The molecule has 8 heteroatoms. The fourth-order valence-electron chi connectivity index (χ4n) is 4.61. The molecule has 1 aliphatic heterocycles. The molecule has 7 nitrogen and oxygen atoms in total. The van der Waals surface area contributed by atoms with Crippen molar-refractivity contribution in [3.8, 4) is 17.1 Å². The first-order valence-corrected chi connectivity index (χ1v) is 13.1. The molecule has 3 heterocycles. The molecule has 6 rings (SSSR count). The summed E-state index contributed by atoms with van der Waals surface area (Å²) in [5.74, 6) is 2.20. The van der Waals surface area contributed by atoms with E-state index in [9.17, 15) is 4.79 Å². The van der Waals surface area contributed by atoms with Gasteiger partial charge in [-0.1, -0.05) is 72.4 Å². The molecule has 0 spiro atoms. The fraction of sp³-hybridized carbons (Fsp3) is 0.214. The van der Waals surface area contributed by atoms with Gasteiger partial charge in [-0.2, -0.15) is 0 Å². The number of nitrogens with zero attached hydrogens (tertiary/aromatic N) is 5. The average Bonchev–Trinajstić information content (AvgIpc) is 3.57.